The lowest BCUT2D eigenvalue weighted by molar-refractivity contribution is -0.121. The van der Waals surface area contributed by atoms with E-state index in [0.717, 1.165) is 41.8 Å². The molecule has 2 N–H and O–H groups in total. The molecule has 2 aromatic rings. The Bertz CT molecular complexity index is 1010. The molecule has 1 atom stereocenters. The van der Waals surface area contributed by atoms with Crippen LogP contribution in [-0.4, -0.2) is 51.1 Å². The van der Waals surface area contributed by atoms with Gasteiger partial charge in [-0.2, -0.15) is 4.99 Å². The van der Waals surface area contributed by atoms with Crippen molar-refractivity contribution in [1.82, 2.24) is 15.2 Å². The lowest BCUT2D eigenvalue weighted by Gasteiger charge is -2.16. The summed E-state index contributed by atoms with van der Waals surface area (Å²) in [6.07, 6.45) is 2.29. The van der Waals surface area contributed by atoms with E-state index in [1.165, 1.54) is 23.1 Å². The molecule has 0 aliphatic carbocycles. The van der Waals surface area contributed by atoms with Crippen molar-refractivity contribution in [2.24, 2.45) is 4.99 Å². The Morgan fingerprint density at radius 3 is 2.61 bits per heavy atom. The van der Waals surface area contributed by atoms with Crippen LogP contribution in [0.2, 0.25) is 0 Å². The number of amidine groups is 1. The number of aromatic nitrogens is 1. The summed E-state index contributed by atoms with van der Waals surface area (Å²) in [5.74, 6) is -0.699. The van der Waals surface area contributed by atoms with Gasteiger partial charge in [-0.1, -0.05) is 11.8 Å². The van der Waals surface area contributed by atoms with Gasteiger partial charge in [-0.3, -0.25) is 14.4 Å². The molecule has 1 saturated heterocycles. The molecule has 0 spiro atoms. The van der Waals surface area contributed by atoms with E-state index in [9.17, 15) is 14.4 Å². The van der Waals surface area contributed by atoms with Gasteiger partial charge < -0.3 is 15.5 Å². The van der Waals surface area contributed by atoms with Crippen LogP contribution < -0.4 is 10.6 Å². The number of hydrogen-bond acceptors (Lipinski definition) is 7. The van der Waals surface area contributed by atoms with E-state index < -0.39 is 5.25 Å². The molecule has 1 unspecified atom stereocenters. The second kappa shape index (κ2) is 9.61. The molecule has 0 radical (unpaired) electrons. The molecule has 1 fully saturated rings. The van der Waals surface area contributed by atoms with Gasteiger partial charge in [-0.05, 0) is 44.0 Å². The summed E-state index contributed by atoms with van der Waals surface area (Å²) in [6, 6.07) is 6.66. The molecule has 8 nitrogen and oxygen atoms in total. The normalized spacial score (nSPS) is 18.2. The Labute approximate surface area is 188 Å². The van der Waals surface area contributed by atoms with Crippen molar-refractivity contribution in [3.05, 3.63) is 45.9 Å². The van der Waals surface area contributed by atoms with E-state index in [1.807, 2.05) is 12.3 Å². The number of rotatable bonds is 6. The van der Waals surface area contributed by atoms with Crippen molar-refractivity contribution in [1.29, 1.82) is 0 Å². The van der Waals surface area contributed by atoms with Crippen LogP contribution in [0.1, 0.15) is 40.3 Å². The summed E-state index contributed by atoms with van der Waals surface area (Å²) in [5, 5.41) is 8.68. The van der Waals surface area contributed by atoms with Crippen LogP contribution in [0.4, 0.5) is 5.69 Å². The van der Waals surface area contributed by atoms with Crippen molar-refractivity contribution in [3.63, 3.8) is 0 Å². The molecule has 162 valence electrons. The zero-order valence-electron chi connectivity index (χ0n) is 17.1. The number of carbonyl (C=O) groups is 3. The average Bonchev–Trinajstić information content (AvgIpc) is 3.49. The topological polar surface area (TPSA) is 104 Å². The minimum Gasteiger partial charge on any atom is -0.351 e. The number of anilines is 1. The molecule has 3 heterocycles. The standard InChI is InChI=1S/C21H23N5O3S2/c1-13-12-30-18(23-13)11-22-19(28)14-4-6-15(7-5-14)24-17(27)10-16-20(29)25-21(31-16)26-8-2-3-9-26/h4-7,12,16H,2-3,8-11H2,1H3,(H,22,28)(H,24,27). The van der Waals surface area contributed by atoms with Gasteiger partial charge in [0.05, 0.1) is 6.54 Å². The van der Waals surface area contributed by atoms with Gasteiger partial charge in [-0.15, -0.1) is 11.3 Å². The summed E-state index contributed by atoms with van der Waals surface area (Å²) >= 11 is 2.88. The Hall–Kier alpha value is -2.72. The van der Waals surface area contributed by atoms with E-state index in [4.69, 9.17) is 0 Å². The first-order valence-electron chi connectivity index (χ1n) is 10.1. The van der Waals surface area contributed by atoms with Gasteiger partial charge in [-0.25, -0.2) is 4.98 Å². The first kappa shape index (κ1) is 21.5. The fourth-order valence-corrected chi connectivity index (χ4v) is 5.21. The highest BCUT2D eigenvalue weighted by Crippen LogP contribution is 2.29. The maximum Gasteiger partial charge on any atom is 0.262 e. The van der Waals surface area contributed by atoms with Crippen LogP contribution in [0.3, 0.4) is 0 Å². The third-order valence-electron chi connectivity index (χ3n) is 4.97. The highest BCUT2D eigenvalue weighted by atomic mass is 32.2. The number of thiazole rings is 1. The molecule has 1 aromatic heterocycles. The molecule has 31 heavy (non-hydrogen) atoms. The fraction of sp³-hybridized carbons (Fsp3) is 0.381. The van der Waals surface area contributed by atoms with E-state index in [2.05, 4.69) is 25.5 Å². The quantitative estimate of drug-likeness (QED) is 0.691. The van der Waals surface area contributed by atoms with Gasteiger partial charge in [0.1, 0.15) is 10.3 Å². The number of thioether (sulfide) groups is 1. The lowest BCUT2D eigenvalue weighted by atomic mass is 10.2. The second-order valence-electron chi connectivity index (χ2n) is 7.43. The summed E-state index contributed by atoms with van der Waals surface area (Å²) < 4.78 is 0. The first-order valence-corrected chi connectivity index (χ1v) is 11.9. The van der Waals surface area contributed by atoms with Gasteiger partial charge in [0, 0.05) is 41.8 Å². The maximum atomic E-state index is 12.4. The predicted molar refractivity (Wildman–Crippen MR) is 122 cm³/mol. The fourth-order valence-electron chi connectivity index (χ4n) is 3.38. The number of hydrogen-bond donors (Lipinski definition) is 2. The van der Waals surface area contributed by atoms with Crippen molar-refractivity contribution in [2.75, 3.05) is 18.4 Å². The Morgan fingerprint density at radius 2 is 1.94 bits per heavy atom. The van der Waals surface area contributed by atoms with Crippen molar-refractivity contribution < 1.29 is 14.4 Å². The summed E-state index contributed by atoms with van der Waals surface area (Å²) in [7, 11) is 0. The molecular weight excluding hydrogens is 434 g/mol. The van der Waals surface area contributed by atoms with Crippen molar-refractivity contribution >= 4 is 51.7 Å². The molecule has 0 saturated carbocycles. The van der Waals surface area contributed by atoms with E-state index in [1.54, 1.807) is 24.3 Å². The molecule has 10 heteroatoms. The summed E-state index contributed by atoms with van der Waals surface area (Å²) in [5.41, 5.74) is 2.01. The molecule has 0 bridgehead atoms. The SMILES string of the molecule is Cc1csc(CNC(=O)c2ccc(NC(=O)CC3SC(N4CCCC4)=NC3=O)cc2)n1. The monoisotopic (exact) mass is 457 g/mol. The third kappa shape index (κ3) is 5.50. The molecule has 4 rings (SSSR count). The average molecular weight is 458 g/mol. The highest BCUT2D eigenvalue weighted by molar-refractivity contribution is 8.15. The van der Waals surface area contributed by atoms with Crippen molar-refractivity contribution in [2.45, 2.75) is 38.0 Å². The van der Waals surface area contributed by atoms with Crippen LogP contribution in [0, 0.1) is 6.92 Å². The summed E-state index contributed by atoms with van der Waals surface area (Å²) in [6.45, 7) is 4.13. The van der Waals surface area contributed by atoms with Crippen LogP contribution >= 0.6 is 23.1 Å². The zero-order valence-corrected chi connectivity index (χ0v) is 18.7. The predicted octanol–water partition coefficient (Wildman–Crippen LogP) is 2.80. The number of nitrogens with zero attached hydrogens (tertiary/aromatic N) is 3. The van der Waals surface area contributed by atoms with Crippen LogP contribution in [0.25, 0.3) is 0 Å². The maximum absolute atomic E-state index is 12.4. The van der Waals surface area contributed by atoms with Gasteiger partial charge in [0.25, 0.3) is 11.8 Å². The molecular formula is C21H23N5O3S2. The minimum atomic E-state index is -0.477. The summed E-state index contributed by atoms with van der Waals surface area (Å²) in [4.78, 5) is 47.4. The van der Waals surface area contributed by atoms with Gasteiger partial charge in [0.15, 0.2) is 5.17 Å². The lowest BCUT2D eigenvalue weighted by Crippen LogP contribution is -2.25. The van der Waals surface area contributed by atoms with E-state index in [-0.39, 0.29) is 24.1 Å². The molecule has 2 aliphatic rings. The van der Waals surface area contributed by atoms with E-state index in [0.29, 0.717) is 17.8 Å². The van der Waals surface area contributed by atoms with Crippen LogP contribution in [0.15, 0.2) is 34.6 Å². The Morgan fingerprint density at radius 1 is 1.19 bits per heavy atom. The Balaban J connectivity index is 1.25. The molecule has 2 aliphatic heterocycles. The smallest absolute Gasteiger partial charge is 0.262 e. The number of nitrogens with one attached hydrogen (secondary N) is 2. The molecule has 1 aromatic carbocycles. The van der Waals surface area contributed by atoms with Crippen LogP contribution in [0.5, 0.6) is 0 Å². The third-order valence-corrected chi connectivity index (χ3v) is 7.15. The number of likely N-dealkylation sites (tertiary alicyclic amines) is 1. The highest BCUT2D eigenvalue weighted by Gasteiger charge is 2.33. The number of benzene rings is 1. The largest absolute Gasteiger partial charge is 0.351 e. The number of aryl methyl sites for hydroxylation is 1. The van der Waals surface area contributed by atoms with Crippen LogP contribution in [-0.2, 0) is 16.1 Å². The number of aliphatic imine (C=N–C) groups is 1. The first-order chi connectivity index (χ1) is 15.0. The number of amides is 3. The van der Waals surface area contributed by atoms with Gasteiger partial charge >= 0.3 is 0 Å². The zero-order chi connectivity index (χ0) is 21.8. The number of carbonyl (C=O) groups excluding carboxylic acids is 3. The second-order valence-corrected chi connectivity index (χ2v) is 9.54. The molecule has 3 amide bonds. The van der Waals surface area contributed by atoms with E-state index >= 15 is 0 Å². The van der Waals surface area contributed by atoms with Gasteiger partial charge in [0.2, 0.25) is 5.91 Å². The van der Waals surface area contributed by atoms with Crippen molar-refractivity contribution in [3.8, 4) is 0 Å². The Kier molecular flexibility index (Phi) is 6.67. The minimum absolute atomic E-state index is 0.0693.